The molecule has 0 aromatic heterocycles. The van der Waals surface area contributed by atoms with E-state index >= 15 is 0 Å². The van der Waals surface area contributed by atoms with E-state index in [0.29, 0.717) is 16.5 Å². The van der Waals surface area contributed by atoms with Crippen molar-refractivity contribution in [3.05, 3.63) is 95.0 Å². The second-order valence-electron chi connectivity index (χ2n) is 10.6. The van der Waals surface area contributed by atoms with Gasteiger partial charge in [-0.25, -0.2) is 8.42 Å². The topological polar surface area (TPSA) is 96.0 Å². The van der Waals surface area contributed by atoms with Gasteiger partial charge >= 0.3 is 0 Å². The first kappa shape index (κ1) is 31.0. The van der Waals surface area contributed by atoms with Gasteiger partial charge in [0.15, 0.2) is 0 Å². The average Bonchev–Trinajstić information content (AvgIpc) is 2.89. The third kappa shape index (κ3) is 8.99. The molecule has 0 bridgehead atoms. The Morgan fingerprint density at radius 2 is 1.57 bits per heavy atom. The lowest BCUT2D eigenvalue weighted by Gasteiger charge is -2.35. The van der Waals surface area contributed by atoms with Crippen molar-refractivity contribution in [3.8, 4) is 5.75 Å². The van der Waals surface area contributed by atoms with Crippen LogP contribution in [-0.2, 0) is 32.6 Å². The van der Waals surface area contributed by atoms with Gasteiger partial charge in [-0.15, -0.1) is 0 Å². The molecule has 214 valence electrons. The average molecular weight is 586 g/mol. The van der Waals surface area contributed by atoms with Crippen LogP contribution in [-0.4, -0.2) is 56.6 Å². The van der Waals surface area contributed by atoms with E-state index in [1.165, 1.54) is 17.0 Å². The summed E-state index contributed by atoms with van der Waals surface area (Å²) in [6, 6.07) is 21.9. The molecule has 0 saturated heterocycles. The van der Waals surface area contributed by atoms with Gasteiger partial charge in [0.2, 0.25) is 21.8 Å². The summed E-state index contributed by atoms with van der Waals surface area (Å²) in [6.45, 7) is 5.15. The molecule has 0 radical (unpaired) electrons. The van der Waals surface area contributed by atoms with Crippen LogP contribution >= 0.6 is 11.6 Å². The second-order valence-corrected chi connectivity index (χ2v) is 12.9. The molecule has 2 amide bonds. The molecule has 8 nitrogen and oxygen atoms in total. The van der Waals surface area contributed by atoms with Crippen molar-refractivity contribution in [2.75, 3.05) is 24.2 Å². The van der Waals surface area contributed by atoms with Crippen LogP contribution in [0, 0.1) is 0 Å². The van der Waals surface area contributed by atoms with E-state index in [0.717, 1.165) is 21.7 Å². The summed E-state index contributed by atoms with van der Waals surface area (Å²) in [4.78, 5) is 29.3. The van der Waals surface area contributed by atoms with Gasteiger partial charge in [0, 0.05) is 23.5 Å². The van der Waals surface area contributed by atoms with E-state index in [2.05, 4.69) is 5.32 Å². The van der Waals surface area contributed by atoms with Crippen LogP contribution in [0.3, 0.4) is 0 Å². The Hall–Kier alpha value is -3.56. The summed E-state index contributed by atoms with van der Waals surface area (Å²) in [6.07, 6.45) is 1.27. The number of carbonyl (C=O) groups is 2. The summed E-state index contributed by atoms with van der Waals surface area (Å²) in [5.74, 6) is -0.277. The molecule has 0 aliphatic carbocycles. The number of nitrogens with zero attached hydrogens (tertiary/aromatic N) is 2. The number of hydrogen-bond acceptors (Lipinski definition) is 5. The van der Waals surface area contributed by atoms with Crippen molar-refractivity contribution >= 4 is 39.1 Å². The Kier molecular flexibility index (Phi) is 10.2. The molecule has 0 spiro atoms. The fraction of sp³-hybridized carbons (Fsp3) is 0.333. The van der Waals surface area contributed by atoms with Crippen LogP contribution in [0.1, 0.15) is 31.9 Å². The molecular formula is C30H36ClN3O5S. The van der Waals surface area contributed by atoms with Crippen molar-refractivity contribution in [2.24, 2.45) is 0 Å². The summed E-state index contributed by atoms with van der Waals surface area (Å²) >= 11 is 6.01. The smallest absolute Gasteiger partial charge is 0.244 e. The van der Waals surface area contributed by atoms with E-state index < -0.39 is 34.1 Å². The van der Waals surface area contributed by atoms with Crippen LogP contribution in [0.2, 0.25) is 5.02 Å². The maximum absolute atomic E-state index is 14.1. The molecule has 0 fully saturated rings. The molecule has 3 rings (SSSR count). The second kappa shape index (κ2) is 13.2. The number of benzene rings is 3. The molecule has 0 aliphatic rings. The van der Waals surface area contributed by atoms with Gasteiger partial charge in [-0.1, -0.05) is 54.1 Å². The zero-order chi connectivity index (χ0) is 29.5. The molecule has 3 aromatic rings. The van der Waals surface area contributed by atoms with Gasteiger partial charge in [0.1, 0.15) is 18.3 Å². The normalized spacial score (nSPS) is 12.3. The number of hydrogen-bond donors (Lipinski definition) is 1. The molecule has 0 aliphatic heterocycles. The standard InChI is InChI=1S/C30H36ClN3O5S/c1-30(2,3)32-29(36)27(19-22-10-7-6-8-11-22)33(20-23-12-9-13-26(18-23)39-4)28(35)21-34(40(5,37)38)25-16-14-24(31)15-17-25/h6-18,27H,19-21H2,1-5H3,(H,32,36). The van der Waals surface area contributed by atoms with E-state index in [9.17, 15) is 18.0 Å². The molecular weight excluding hydrogens is 550 g/mol. The highest BCUT2D eigenvalue weighted by molar-refractivity contribution is 7.92. The van der Waals surface area contributed by atoms with Crippen molar-refractivity contribution in [1.29, 1.82) is 0 Å². The first-order valence-electron chi connectivity index (χ1n) is 12.8. The molecule has 1 N–H and O–H groups in total. The third-order valence-corrected chi connectivity index (χ3v) is 7.44. The Morgan fingerprint density at radius 1 is 0.950 bits per heavy atom. The fourth-order valence-corrected chi connectivity index (χ4v) is 5.17. The first-order valence-corrected chi connectivity index (χ1v) is 15.0. The summed E-state index contributed by atoms with van der Waals surface area (Å²) in [5, 5.41) is 3.44. The zero-order valence-corrected chi connectivity index (χ0v) is 25.0. The zero-order valence-electron chi connectivity index (χ0n) is 23.4. The maximum Gasteiger partial charge on any atom is 0.244 e. The lowest BCUT2D eigenvalue weighted by molar-refractivity contribution is -0.140. The number of halogens is 1. The highest BCUT2D eigenvalue weighted by Crippen LogP contribution is 2.23. The number of amides is 2. The summed E-state index contributed by atoms with van der Waals surface area (Å²) in [7, 11) is -2.31. The number of ether oxygens (including phenoxy) is 1. The van der Waals surface area contributed by atoms with Crippen LogP contribution in [0.25, 0.3) is 0 Å². The monoisotopic (exact) mass is 585 g/mol. The van der Waals surface area contributed by atoms with Gasteiger partial charge in [-0.3, -0.25) is 13.9 Å². The SMILES string of the molecule is COc1cccc(CN(C(=O)CN(c2ccc(Cl)cc2)S(C)(=O)=O)C(Cc2ccccc2)C(=O)NC(C)(C)C)c1. The van der Waals surface area contributed by atoms with E-state index in [1.807, 2.05) is 57.2 Å². The number of sulfonamides is 1. The molecule has 1 atom stereocenters. The third-order valence-electron chi connectivity index (χ3n) is 6.05. The van der Waals surface area contributed by atoms with Gasteiger partial charge in [0.25, 0.3) is 0 Å². The minimum absolute atomic E-state index is 0.0588. The van der Waals surface area contributed by atoms with Crippen LogP contribution < -0.4 is 14.4 Å². The van der Waals surface area contributed by atoms with Crippen molar-refractivity contribution in [2.45, 2.75) is 45.3 Å². The summed E-state index contributed by atoms with van der Waals surface area (Å²) < 4.78 is 32.0. The Bertz CT molecular complexity index is 1410. The molecule has 40 heavy (non-hydrogen) atoms. The molecule has 0 saturated carbocycles. The van der Waals surface area contributed by atoms with Crippen molar-refractivity contribution < 1.29 is 22.7 Å². The predicted molar refractivity (Wildman–Crippen MR) is 159 cm³/mol. The van der Waals surface area contributed by atoms with Crippen LogP contribution in [0.4, 0.5) is 5.69 Å². The van der Waals surface area contributed by atoms with E-state index in [-0.39, 0.29) is 18.9 Å². The highest BCUT2D eigenvalue weighted by Gasteiger charge is 2.34. The number of methoxy groups -OCH3 is 1. The van der Waals surface area contributed by atoms with Gasteiger partial charge in [-0.05, 0) is 68.3 Å². The Morgan fingerprint density at radius 3 is 2.15 bits per heavy atom. The number of carbonyl (C=O) groups excluding carboxylic acids is 2. The molecule has 3 aromatic carbocycles. The number of rotatable bonds is 11. The molecule has 10 heteroatoms. The summed E-state index contributed by atoms with van der Waals surface area (Å²) in [5.41, 5.74) is 1.32. The largest absolute Gasteiger partial charge is 0.497 e. The van der Waals surface area contributed by atoms with Gasteiger partial charge in [-0.2, -0.15) is 0 Å². The van der Waals surface area contributed by atoms with Crippen LogP contribution in [0.5, 0.6) is 5.75 Å². The van der Waals surface area contributed by atoms with E-state index in [1.54, 1.807) is 37.4 Å². The number of anilines is 1. The molecule has 1 unspecified atom stereocenters. The fourth-order valence-electron chi connectivity index (χ4n) is 4.20. The van der Waals surface area contributed by atoms with Gasteiger partial charge < -0.3 is 15.0 Å². The lowest BCUT2D eigenvalue weighted by atomic mass is 10.0. The van der Waals surface area contributed by atoms with E-state index in [4.69, 9.17) is 16.3 Å². The van der Waals surface area contributed by atoms with Gasteiger partial charge in [0.05, 0.1) is 19.1 Å². The minimum atomic E-state index is -3.85. The Balaban J connectivity index is 2.08. The quantitative estimate of drug-likeness (QED) is 0.353. The number of nitrogens with one attached hydrogen (secondary N) is 1. The van der Waals surface area contributed by atoms with Crippen LogP contribution in [0.15, 0.2) is 78.9 Å². The lowest BCUT2D eigenvalue weighted by Crippen LogP contribution is -2.56. The minimum Gasteiger partial charge on any atom is -0.497 e. The highest BCUT2D eigenvalue weighted by atomic mass is 35.5. The Labute approximate surface area is 241 Å². The van der Waals surface area contributed by atoms with Crippen molar-refractivity contribution in [1.82, 2.24) is 10.2 Å². The molecule has 0 heterocycles. The van der Waals surface area contributed by atoms with Crippen molar-refractivity contribution in [3.63, 3.8) is 0 Å². The maximum atomic E-state index is 14.1. The first-order chi connectivity index (χ1) is 18.8. The predicted octanol–water partition coefficient (Wildman–Crippen LogP) is 4.67.